The van der Waals surface area contributed by atoms with Crippen molar-refractivity contribution < 1.29 is 0 Å². The summed E-state index contributed by atoms with van der Waals surface area (Å²) in [6.07, 6.45) is 3.56. The summed E-state index contributed by atoms with van der Waals surface area (Å²) < 4.78 is 0. The molecule has 1 aromatic carbocycles. The van der Waals surface area contributed by atoms with Gasteiger partial charge in [-0.15, -0.1) is 0 Å². The number of likely N-dealkylation sites (tertiary alicyclic amines) is 1. The third kappa shape index (κ3) is 5.13. The Morgan fingerprint density at radius 2 is 1.82 bits per heavy atom. The maximum absolute atomic E-state index is 6.30. The zero-order chi connectivity index (χ0) is 16.3. The van der Waals surface area contributed by atoms with Gasteiger partial charge in [0.2, 0.25) is 0 Å². The Kier molecular flexibility index (Phi) is 6.18. The molecule has 2 nitrogen and oxygen atoms in total. The van der Waals surface area contributed by atoms with Crippen molar-refractivity contribution >= 4 is 23.2 Å². The first kappa shape index (κ1) is 18.1. The fourth-order valence-electron chi connectivity index (χ4n) is 2.93. The second-order valence-electron chi connectivity index (χ2n) is 7.67. The van der Waals surface area contributed by atoms with Crippen molar-refractivity contribution in [2.45, 2.75) is 46.1 Å². The molecule has 0 spiro atoms. The molecule has 0 radical (unpaired) electrons. The number of halogens is 2. The summed E-state index contributed by atoms with van der Waals surface area (Å²) in [5.74, 6) is 0.736. The topological polar surface area (TPSA) is 29.3 Å². The third-order valence-electron chi connectivity index (χ3n) is 4.78. The van der Waals surface area contributed by atoms with Crippen LogP contribution in [0.2, 0.25) is 10.0 Å². The summed E-state index contributed by atoms with van der Waals surface area (Å²) in [6, 6.07) is 6.23. The SMILES string of the molecule is CC(C)(C)[C@@H](N)CN1CCC(Cc2ccc(Cl)c(Cl)c2)CC1. The first-order chi connectivity index (χ1) is 10.3. The number of nitrogens with two attached hydrogens (primary N) is 1. The summed E-state index contributed by atoms with van der Waals surface area (Å²) in [5.41, 5.74) is 7.77. The first-order valence-electron chi connectivity index (χ1n) is 8.17. The number of piperidine rings is 1. The average Bonchev–Trinajstić information content (AvgIpc) is 2.44. The molecule has 0 aromatic heterocycles. The van der Waals surface area contributed by atoms with E-state index in [1.807, 2.05) is 12.1 Å². The Labute approximate surface area is 145 Å². The Balaban J connectivity index is 1.81. The zero-order valence-corrected chi connectivity index (χ0v) is 15.4. The minimum atomic E-state index is 0.177. The highest BCUT2D eigenvalue weighted by Gasteiger charge is 2.26. The summed E-state index contributed by atoms with van der Waals surface area (Å²) in [5, 5.41) is 1.30. The standard InChI is InChI=1S/C18H28Cl2N2/c1-18(2,3)17(21)12-22-8-6-13(7-9-22)10-14-4-5-15(19)16(20)11-14/h4-5,11,13,17H,6-10,12,21H2,1-3H3/t17-/m0/s1. The van der Waals surface area contributed by atoms with Crippen LogP contribution in [0, 0.1) is 11.3 Å². The maximum atomic E-state index is 6.30. The molecule has 1 aliphatic heterocycles. The molecule has 1 aliphatic rings. The lowest BCUT2D eigenvalue weighted by Gasteiger charge is -2.37. The van der Waals surface area contributed by atoms with Gasteiger partial charge in [-0.2, -0.15) is 0 Å². The predicted molar refractivity (Wildman–Crippen MR) is 96.8 cm³/mol. The van der Waals surface area contributed by atoms with Crippen LogP contribution in [0.25, 0.3) is 0 Å². The van der Waals surface area contributed by atoms with E-state index in [-0.39, 0.29) is 11.5 Å². The lowest BCUT2D eigenvalue weighted by Crippen LogP contribution is -2.47. The zero-order valence-electron chi connectivity index (χ0n) is 13.9. The van der Waals surface area contributed by atoms with E-state index in [0.717, 1.165) is 32.0 Å². The van der Waals surface area contributed by atoms with E-state index in [1.54, 1.807) is 0 Å². The summed E-state index contributed by atoms with van der Waals surface area (Å²) in [7, 11) is 0. The fraction of sp³-hybridized carbons (Fsp3) is 0.667. The van der Waals surface area contributed by atoms with Crippen LogP contribution < -0.4 is 5.73 Å². The van der Waals surface area contributed by atoms with E-state index in [4.69, 9.17) is 28.9 Å². The number of benzene rings is 1. The normalized spacial score (nSPS) is 19.4. The molecule has 4 heteroatoms. The maximum Gasteiger partial charge on any atom is 0.0595 e. The molecule has 0 aliphatic carbocycles. The van der Waals surface area contributed by atoms with Gasteiger partial charge in [-0.3, -0.25) is 0 Å². The van der Waals surface area contributed by atoms with E-state index in [2.05, 4.69) is 31.7 Å². The van der Waals surface area contributed by atoms with Gasteiger partial charge < -0.3 is 10.6 Å². The van der Waals surface area contributed by atoms with Crippen LogP contribution in [0.5, 0.6) is 0 Å². The van der Waals surface area contributed by atoms with Crippen molar-refractivity contribution in [2.24, 2.45) is 17.1 Å². The highest BCUT2D eigenvalue weighted by atomic mass is 35.5. The molecule has 0 saturated carbocycles. The molecule has 22 heavy (non-hydrogen) atoms. The smallest absolute Gasteiger partial charge is 0.0595 e. The van der Waals surface area contributed by atoms with Gasteiger partial charge in [-0.1, -0.05) is 50.0 Å². The van der Waals surface area contributed by atoms with Crippen LogP contribution >= 0.6 is 23.2 Å². The highest BCUT2D eigenvalue weighted by Crippen LogP contribution is 2.27. The molecule has 0 unspecified atom stereocenters. The second kappa shape index (κ2) is 7.53. The van der Waals surface area contributed by atoms with Gasteiger partial charge in [-0.25, -0.2) is 0 Å². The molecular weight excluding hydrogens is 315 g/mol. The second-order valence-corrected chi connectivity index (χ2v) is 8.48. The Bertz CT molecular complexity index is 488. The number of hydrogen-bond donors (Lipinski definition) is 1. The van der Waals surface area contributed by atoms with Crippen molar-refractivity contribution in [2.75, 3.05) is 19.6 Å². The van der Waals surface area contributed by atoms with Crippen molar-refractivity contribution in [3.05, 3.63) is 33.8 Å². The summed E-state index contributed by atoms with van der Waals surface area (Å²) >= 11 is 12.1. The van der Waals surface area contributed by atoms with Crippen molar-refractivity contribution in [3.8, 4) is 0 Å². The molecule has 2 N–H and O–H groups in total. The quantitative estimate of drug-likeness (QED) is 0.864. The van der Waals surface area contributed by atoms with Gasteiger partial charge in [0.05, 0.1) is 10.0 Å². The lowest BCUT2D eigenvalue weighted by molar-refractivity contribution is 0.147. The van der Waals surface area contributed by atoms with Gasteiger partial charge in [0.15, 0.2) is 0 Å². The van der Waals surface area contributed by atoms with Gasteiger partial charge in [0, 0.05) is 12.6 Å². The van der Waals surface area contributed by atoms with E-state index >= 15 is 0 Å². The minimum absolute atomic E-state index is 0.177. The van der Waals surface area contributed by atoms with Gasteiger partial charge in [-0.05, 0) is 61.4 Å². The monoisotopic (exact) mass is 342 g/mol. The Morgan fingerprint density at radius 3 is 2.36 bits per heavy atom. The van der Waals surface area contributed by atoms with Crippen LogP contribution in [0.3, 0.4) is 0 Å². The minimum Gasteiger partial charge on any atom is -0.326 e. The van der Waals surface area contributed by atoms with E-state index < -0.39 is 0 Å². The molecular formula is C18H28Cl2N2. The van der Waals surface area contributed by atoms with Crippen LogP contribution in [-0.2, 0) is 6.42 Å². The summed E-state index contributed by atoms with van der Waals surface area (Å²) in [4.78, 5) is 2.52. The molecule has 0 amide bonds. The van der Waals surface area contributed by atoms with E-state index in [9.17, 15) is 0 Å². The van der Waals surface area contributed by atoms with Crippen LogP contribution in [0.1, 0.15) is 39.2 Å². The third-order valence-corrected chi connectivity index (χ3v) is 5.52. The van der Waals surface area contributed by atoms with Gasteiger partial charge >= 0.3 is 0 Å². The molecule has 1 atom stereocenters. The largest absolute Gasteiger partial charge is 0.326 e. The fourth-order valence-corrected chi connectivity index (χ4v) is 3.25. The highest BCUT2D eigenvalue weighted by molar-refractivity contribution is 6.42. The van der Waals surface area contributed by atoms with Crippen molar-refractivity contribution in [1.29, 1.82) is 0 Å². The Hall–Kier alpha value is -0.280. The average molecular weight is 343 g/mol. The van der Waals surface area contributed by atoms with Crippen molar-refractivity contribution in [1.82, 2.24) is 4.90 Å². The van der Waals surface area contributed by atoms with E-state index in [0.29, 0.717) is 10.0 Å². The van der Waals surface area contributed by atoms with Crippen molar-refractivity contribution in [3.63, 3.8) is 0 Å². The summed E-state index contributed by atoms with van der Waals surface area (Å²) in [6.45, 7) is 9.95. The predicted octanol–water partition coefficient (Wildman–Crippen LogP) is 4.62. The molecule has 2 rings (SSSR count). The molecule has 0 bridgehead atoms. The van der Waals surface area contributed by atoms with Gasteiger partial charge in [0.1, 0.15) is 0 Å². The molecule has 124 valence electrons. The molecule has 1 fully saturated rings. The van der Waals surface area contributed by atoms with Gasteiger partial charge in [0.25, 0.3) is 0 Å². The number of nitrogens with zero attached hydrogens (tertiary/aromatic N) is 1. The molecule has 1 saturated heterocycles. The Morgan fingerprint density at radius 1 is 1.18 bits per heavy atom. The number of rotatable bonds is 4. The molecule has 1 aromatic rings. The lowest BCUT2D eigenvalue weighted by atomic mass is 9.85. The van der Waals surface area contributed by atoms with Crippen LogP contribution in [0.15, 0.2) is 18.2 Å². The van der Waals surface area contributed by atoms with Crippen LogP contribution in [-0.4, -0.2) is 30.6 Å². The van der Waals surface area contributed by atoms with E-state index in [1.165, 1.54) is 18.4 Å². The molecule has 1 heterocycles. The van der Waals surface area contributed by atoms with Crippen LogP contribution in [0.4, 0.5) is 0 Å². The number of hydrogen-bond acceptors (Lipinski definition) is 2. The first-order valence-corrected chi connectivity index (χ1v) is 8.93.